The van der Waals surface area contributed by atoms with Crippen LogP contribution in [0.4, 0.5) is 11.9 Å². The van der Waals surface area contributed by atoms with Crippen LogP contribution >= 0.6 is 0 Å². The van der Waals surface area contributed by atoms with Crippen molar-refractivity contribution in [2.24, 2.45) is 5.73 Å². The maximum Gasteiger partial charge on any atom is 0.230 e. The third kappa shape index (κ3) is 4.06. The Hall–Kier alpha value is -3.00. The second-order valence-electron chi connectivity index (χ2n) is 6.85. The Morgan fingerprint density at radius 2 is 1.89 bits per heavy atom. The molecule has 0 amide bonds. The van der Waals surface area contributed by atoms with Crippen molar-refractivity contribution in [2.75, 3.05) is 29.9 Å². The van der Waals surface area contributed by atoms with E-state index in [0.717, 1.165) is 37.3 Å². The smallest absolute Gasteiger partial charge is 0.230 e. The number of rotatable bonds is 5. The van der Waals surface area contributed by atoms with Crippen molar-refractivity contribution in [3.8, 4) is 5.69 Å². The van der Waals surface area contributed by atoms with Gasteiger partial charge < -0.3 is 15.5 Å². The van der Waals surface area contributed by atoms with Gasteiger partial charge in [-0.25, -0.2) is 14.6 Å². The number of benzene rings is 1. The fourth-order valence-corrected chi connectivity index (χ4v) is 3.20. The van der Waals surface area contributed by atoms with Gasteiger partial charge in [0.05, 0.1) is 17.9 Å². The first kappa shape index (κ1) is 17.4. The molecule has 0 aliphatic carbocycles. The molecule has 1 fully saturated rings. The molecule has 1 aromatic carbocycles. The first-order chi connectivity index (χ1) is 13.2. The standard InChI is InChI=1S/C19H24N8/c1-25(13-16-9-12-27(24-16)17-5-3-2-4-6-17)18-21-14-22-19(23-18)26-10-7-15(20)8-11-26/h2-6,9,12,14-15H,7-8,10-11,13,20H2,1H3. The maximum atomic E-state index is 5.99. The Balaban J connectivity index is 1.45. The molecule has 27 heavy (non-hydrogen) atoms. The van der Waals surface area contributed by atoms with E-state index in [1.165, 1.54) is 0 Å². The Morgan fingerprint density at radius 1 is 1.11 bits per heavy atom. The minimum absolute atomic E-state index is 0.282. The molecule has 8 nitrogen and oxygen atoms in total. The molecule has 1 aliphatic rings. The minimum Gasteiger partial charge on any atom is -0.341 e. The van der Waals surface area contributed by atoms with Crippen LogP contribution in [0.3, 0.4) is 0 Å². The van der Waals surface area contributed by atoms with Gasteiger partial charge in [0.15, 0.2) is 0 Å². The second-order valence-corrected chi connectivity index (χ2v) is 6.85. The molecule has 3 heterocycles. The van der Waals surface area contributed by atoms with Crippen molar-refractivity contribution in [3.05, 3.63) is 54.6 Å². The summed E-state index contributed by atoms with van der Waals surface area (Å²) in [6, 6.07) is 12.4. The molecule has 8 heteroatoms. The number of nitrogens with two attached hydrogens (primary N) is 1. The van der Waals surface area contributed by atoms with Crippen LogP contribution in [-0.4, -0.2) is 50.9 Å². The molecule has 2 N–H and O–H groups in total. The predicted molar refractivity (Wildman–Crippen MR) is 105 cm³/mol. The van der Waals surface area contributed by atoms with Crippen molar-refractivity contribution >= 4 is 11.9 Å². The highest BCUT2D eigenvalue weighted by atomic mass is 15.3. The highest BCUT2D eigenvalue weighted by Crippen LogP contribution is 2.17. The zero-order valence-electron chi connectivity index (χ0n) is 15.4. The van der Waals surface area contributed by atoms with E-state index in [-0.39, 0.29) is 6.04 Å². The molecule has 1 aliphatic heterocycles. The van der Waals surface area contributed by atoms with Gasteiger partial charge in [0.1, 0.15) is 6.33 Å². The SMILES string of the molecule is CN(Cc1ccn(-c2ccccc2)n1)c1ncnc(N2CCC(N)CC2)n1. The number of aromatic nitrogens is 5. The minimum atomic E-state index is 0.282. The van der Waals surface area contributed by atoms with Gasteiger partial charge in [-0.1, -0.05) is 18.2 Å². The van der Waals surface area contributed by atoms with Crippen LogP contribution in [0.2, 0.25) is 0 Å². The quantitative estimate of drug-likeness (QED) is 0.736. The zero-order chi connectivity index (χ0) is 18.6. The summed E-state index contributed by atoms with van der Waals surface area (Å²) in [5.41, 5.74) is 7.98. The van der Waals surface area contributed by atoms with Crippen molar-refractivity contribution in [3.63, 3.8) is 0 Å². The fraction of sp³-hybridized carbons (Fsp3) is 0.368. The molecule has 2 aromatic heterocycles. The van der Waals surface area contributed by atoms with Gasteiger partial charge in [-0.15, -0.1) is 0 Å². The summed E-state index contributed by atoms with van der Waals surface area (Å²) in [6.07, 6.45) is 5.47. The van der Waals surface area contributed by atoms with E-state index in [1.807, 2.05) is 59.2 Å². The summed E-state index contributed by atoms with van der Waals surface area (Å²) in [7, 11) is 1.97. The second kappa shape index (κ2) is 7.71. The molecule has 0 atom stereocenters. The van der Waals surface area contributed by atoms with E-state index < -0.39 is 0 Å². The molecular weight excluding hydrogens is 340 g/mol. The first-order valence-electron chi connectivity index (χ1n) is 9.20. The summed E-state index contributed by atoms with van der Waals surface area (Å²) >= 11 is 0. The van der Waals surface area contributed by atoms with Gasteiger partial charge in [-0.2, -0.15) is 10.1 Å². The number of nitrogens with zero attached hydrogens (tertiary/aromatic N) is 7. The lowest BCUT2D eigenvalue weighted by molar-refractivity contribution is 0.495. The number of piperidine rings is 1. The fourth-order valence-electron chi connectivity index (χ4n) is 3.20. The zero-order valence-corrected chi connectivity index (χ0v) is 15.4. The van der Waals surface area contributed by atoms with E-state index in [2.05, 4.69) is 25.0 Å². The van der Waals surface area contributed by atoms with Gasteiger partial charge in [0.25, 0.3) is 0 Å². The van der Waals surface area contributed by atoms with Crippen LogP contribution in [0, 0.1) is 0 Å². The van der Waals surface area contributed by atoms with Crippen molar-refractivity contribution < 1.29 is 0 Å². The molecular formula is C19H24N8. The van der Waals surface area contributed by atoms with Crippen molar-refractivity contribution in [2.45, 2.75) is 25.4 Å². The molecule has 4 rings (SSSR count). The lowest BCUT2D eigenvalue weighted by Crippen LogP contribution is -2.40. The number of hydrogen-bond donors (Lipinski definition) is 1. The van der Waals surface area contributed by atoms with E-state index >= 15 is 0 Å². The molecule has 140 valence electrons. The first-order valence-corrected chi connectivity index (χ1v) is 9.20. The van der Waals surface area contributed by atoms with Crippen LogP contribution in [0.25, 0.3) is 5.69 Å². The average molecular weight is 364 g/mol. The maximum absolute atomic E-state index is 5.99. The van der Waals surface area contributed by atoms with Crippen LogP contribution in [0.1, 0.15) is 18.5 Å². The Labute approximate surface area is 158 Å². The average Bonchev–Trinajstić information content (AvgIpc) is 3.18. The molecule has 0 spiro atoms. The Bertz CT molecular complexity index is 870. The van der Waals surface area contributed by atoms with E-state index in [9.17, 15) is 0 Å². The summed E-state index contributed by atoms with van der Waals surface area (Å²) in [4.78, 5) is 17.5. The molecule has 0 bridgehead atoms. The van der Waals surface area contributed by atoms with Gasteiger partial charge in [0.2, 0.25) is 11.9 Å². The van der Waals surface area contributed by atoms with Gasteiger partial charge in [-0.3, -0.25) is 0 Å². The molecule has 1 saturated heterocycles. The highest BCUT2D eigenvalue weighted by Gasteiger charge is 2.19. The topological polar surface area (TPSA) is 89.0 Å². The van der Waals surface area contributed by atoms with Crippen LogP contribution < -0.4 is 15.5 Å². The molecule has 3 aromatic rings. The summed E-state index contributed by atoms with van der Waals surface area (Å²) in [5, 5.41) is 4.65. The van der Waals surface area contributed by atoms with Crippen LogP contribution in [-0.2, 0) is 6.54 Å². The van der Waals surface area contributed by atoms with Crippen LogP contribution in [0.5, 0.6) is 0 Å². The van der Waals surface area contributed by atoms with E-state index in [1.54, 1.807) is 6.33 Å². The van der Waals surface area contributed by atoms with Gasteiger partial charge >= 0.3 is 0 Å². The number of hydrogen-bond acceptors (Lipinski definition) is 7. The molecule has 0 unspecified atom stereocenters. The van der Waals surface area contributed by atoms with E-state index in [4.69, 9.17) is 5.73 Å². The van der Waals surface area contributed by atoms with Crippen molar-refractivity contribution in [1.29, 1.82) is 0 Å². The molecule has 0 saturated carbocycles. The Morgan fingerprint density at radius 3 is 2.67 bits per heavy atom. The summed E-state index contributed by atoms with van der Waals surface area (Å²) < 4.78 is 1.87. The summed E-state index contributed by atoms with van der Waals surface area (Å²) in [5.74, 6) is 1.36. The van der Waals surface area contributed by atoms with Crippen LogP contribution in [0.15, 0.2) is 48.9 Å². The lowest BCUT2D eigenvalue weighted by Gasteiger charge is -2.30. The van der Waals surface area contributed by atoms with Gasteiger partial charge in [-0.05, 0) is 31.0 Å². The largest absolute Gasteiger partial charge is 0.341 e. The Kier molecular flexibility index (Phi) is 4.97. The van der Waals surface area contributed by atoms with Crippen molar-refractivity contribution in [1.82, 2.24) is 24.7 Å². The summed E-state index contributed by atoms with van der Waals surface area (Å²) in [6.45, 7) is 2.39. The third-order valence-electron chi connectivity index (χ3n) is 4.77. The third-order valence-corrected chi connectivity index (χ3v) is 4.77. The monoisotopic (exact) mass is 364 g/mol. The predicted octanol–water partition coefficient (Wildman–Crippen LogP) is 1.62. The number of para-hydroxylation sites is 1. The normalized spacial score (nSPS) is 15.1. The van der Waals surface area contributed by atoms with Gasteiger partial charge in [0, 0.05) is 32.4 Å². The highest BCUT2D eigenvalue weighted by molar-refractivity contribution is 5.38. The molecule has 0 radical (unpaired) electrons. The number of anilines is 2. The lowest BCUT2D eigenvalue weighted by atomic mass is 10.1. The van der Waals surface area contributed by atoms with E-state index in [0.29, 0.717) is 18.4 Å².